The second-order valence-corrected chi connectivity index (χ2v) is 5.51. The highest BCUT2D eigenvalue weighted by atomic mass is 15.2. The molecule has 0 saturated heterocycles. The molecule has 2 nitrogen and oxygen atoms in total. The summed E-state index contributed by atoms with van der Waals surface area (Å²) in [6, 6.07) is 11.3. The minimum absolute atomic E-state index is 0.228. The summed E-state index contributed by atoms with van der Waals surface area (Å²) in [4.78, 5) is 2.41. The molecule has 1 rings (SSSR count). The van der Waals surface area contributed by atoms with Crippen molar-refractivity contribution in [3.05, 3.63) is 35.9 Å². The first-order valence-corrected chi connectivity index (χ1v) is 7.55. The molecule has 0 aliphatic carbocycles. The van der Waals surface area contributed by atoms with Crippen LogP contribution in [0.15, 0.2) is 30.3 Å². The van der Waals surface area contributed by atoms with Gasteiger partial charge in [0.25, 0.3) is 0 Å². The van der Waals surface area contributed by atoms with Crippen LogP contribution in [0.1, 0.15) is 39.2 Å². The first-order valence-electron chi connectivity index (χ1n) is 7.55. The van der Waals surface area contributed by atoms with Crippen molar-refractivity contribution >= 4 is 0 Å². The van der Waals surface area contributed by atoms with Crippen LogP contribution in [0.4, 0.5) is 0 Å². The maximum absolute atomic E-state index is 3.71. The summed E-state index contributed by atoms with van der Waals surface area (Å²) in [6.45, 7) is 7.83. The molecule has 0 amide bonds. The number of likely N-dealkylation sites (N-methyl/N-ethyl adjacent to an activating group) is 2. The molecule has 1 atom stereocenters. The van der Waals surface area contributed by atoms with Crippen LogP contribution < -0.4 is 5.32 Å². The fourth-order valence-electron chi connectivity index (χ4n) is 3.24. The van der Waals surface area contributed by atoms with Gasteiger partial charge in [0.1, 0.15) is 0 Å². The predicted molar refractivity (Wildman–Crippen MR) is 84.6 cm³/mol. The molecule has 0 saturated carbocycles. The number of hydrogen-bond donors (Lipinski definition) is 1. The molecule has 1 N–H and O–H groups in total. The van der Waals surface area contributed by atoms with Crippen molar-refractivity contribution in [2.75, 3.05) is 20.6 Å². The fourth-order valence-corrected chi connectivity index (χ4v) is 3.24. The zero-order chi connectivity index (χ0) is 14.3. The van der Waals surface area contributed by atoms with Gasteiger partial charge in [-0.05, 0) is 45.5 Å². The second-order valence-electron chi connectivity index (χ2n) is 5.51. The lowest BCUT2D eigenvalue weighted by Gasteiger charge is -2.45. The van der Waals surface area contributed by atoms with E-state index >= 15 is 0 Å². The third kappa shape index (κ3) is 3.80. The quantitative estimate of drug-likeness (QED) is 0.773. The number of nitrogens with zero attached hydrogens (tertiary/aromatic N) is 1. The maximum atomic E-state index is 3.71. The van der Waals surface area contributed by atoms with Gasteiger partial charge in [-0.2, -0.15) is 0 Å². The lowest BCUT2D eigenvalue weighted by Crippen LogP contribution is -2.59. The number of rotatable bonds is 8. The van der Waals surface area contributed by atoms with Gasteiger partial charge in [-0.3, -0.25) is 0 Å². The van der Waals surface area contributed by atoms with Crippen molar-refractivity contribution in [2.45, 2.75) is 51.6 Å². The van der Waals surface area contributed by atoms with Gasteiger partial charge in [0.05, 0.1) is 0 Å². The summed E-state index contributed by atoms with van der Waals surface area (Å²) in [7, 11) is 4.42. The minimum Gasteiger partial charge on any atom is -0.312 e. The van der Waals surface area contributed by atoms with E-state index in [1.165, 1.54) is 18.4 Å². The third-order valence-electron chi connectivity index (χ3n) is 4.50. The third-order valence-corrected chi connectivity index (χ3v) is 4.50. The normalized spacial score (nSPS) is 13.8. The van der Waals surface area contributed by atoms with E-state index in [-0.39, 0.29) is 5.54 Å². The van der Waals surface area contributed by atoms with Gasteiger partial charge in [0, 0.05) is 11.6 Å². The van der Waals surface area contributed by atoms with E-state index in [0.717, 1.165) is 13.0 Å². The maximum Gasteiger partial charge on any atom is 0.0354 e. The highest BCUT2D eigenvalue weighted by molar-refractivity contribution is 5.18. The van der Waals surface area contributed by atoms with Gasteiger partial charge >= 0.3 is 0 Å². The van der Waals surface area contributed by atoms with Gasteiger partial charge < -0.3 is 10.2 Å². The van der Waals surface area contributed by atoms with Crippen LogP contribution in [0.2, 0.25) is 0 Å². The molecule has 0 bridgehead atoms. The smallest absolute Gasteiger partial charge is 0.0354 e. The van der Waals surface area contributed by atoms with E-state index in [9.17, 15) is 0 Å². The summed E-state index contributed by atoms with van der Waals surface area (Å²) < 4.78 is 0. The van der Waals surface area contributed by atoms with Crippen LogP contribution in [-0.2, 0) is 6.42 Å². The SMILES string of the molecule is CCNC(Cc1ccccc1)C(CC)(CC)N(C)C. The van der Waals surface area contributed by atoms with Crippen molar-refractivity contribution in [2.24, 2.45) is 0 Å². The van der Waals surface area contributed by atoms with Gasteiger partial charge in [-0.15, -0.1) is 0 Å². The van der Waals surface area contributed by atoms with Crippen LogP contribution in [-0.4, -0.2) is 37.1 Å². The molecule has 0 radical (unpaired) electrons. The van der Waals surface area contributed by atoms with E-state index in [1.807, 2.05) is 0 Å². The summed E-state index contributed by atoms with van der Waals surface area (Å²) in [5.41, 5.74) is 1.65. The van der Waals surface area contributed by atoms with E-state index in [2.05, 4.69) is 75.4 Å². The molecule has 0 heterocycles. The van der Waals surface area contributed by atoms with Gasteiger partial charge in [-0.25, -0.2) is 0 Å². The Hall–Kier alpha value is -0.860. The monoisotopic (exact) mass is 262 g/mol. The molecule has 0 fully saturated rings. The molecule has 1 unspecified atom stereocenters. The Kier molecular flexibility index (Phi) is 6.53. The van der Waals surface area contributed by atoms with Crippen LogP contribution in [0.25, 0.3) is 0 Å². The van der Waals surface area contributed by atoms with Crippen molar-refractivity contribution in [1.82, 2.24) is 10.2 Å². The Morgan fingerprint density at radius 1 is 1.05 bits per heavy atom. The number of hydrogen-bond acceptors (Lipinski definition) is 2. The molecule has 1 aromatic carbocycles. The lowest BCUT2D eigenvalue weighted by molar-refractivity contribution is 0.0889. The average Bonchev–Trinajstić information content (AvgIpc) is 2.41. The molecule has 0 aliphatic rings. The van der Waals surface area contributed by atoms with Crippen LogP contribution >= 0.6 is 0 Å². The molecule has 108 valence electrons. The summed E-state index contributed by atoms with van der Waals surface area (Å²) >= 11 is 0. The minimum atomic E-state index is 0.228. The molecule has 1 aromatic rings. The molecular formula is C17H30N2. The van der Waals surface area contributed by atoms with Gasteiger partial charge in [-0.1, -0.05) is 51.1 Å². The van der Waals surface area contributed by atoms with Gasteiger partial charge in [0.15, 0.2) is 0 Å². The molecule has 0 spiro atoms. The lowest BCUT2D eigenvalue weighted by atomic mass is 9.80. The largest absolute Gasteiger partial charge is 0.312 e. The van der Waals surface area contributed by atoms with E-state index < -0.39 is 0 Å². The van der Waals surface area contributed by atoms with Crippen molar-refractivity contribution < 1.29 is 0 Å². The van der Waals surface area contributed by atoms with Crippen molar-refractivity contribution in [1.29, 1.82) is 0 Å². The Balaban J connectivity index is 2.97. The van der Waals surface area contributed by atoms with Crippen LogP contribution in [0.5, 0.6) is 0 Å². The number of nitrogens with one attached hydrogen (secondary N) is 1. The Bertz CT molecular complexity index is 342. The second kappa shape index (κ2) is 7.66. The number of benzene rings is 1. The van der Waals surface area contributed by atoms with Crippen molar-refractivity contribution in [3.8, 4) is 0 Å². The molecule has 19 heavy (non-hydrogen) atoms. The van der Waals surface area contributed by atoms with Gasteiger partial charge in [0.2, 0.25) is 0 Å². The zero-order valence-corrected chi connectivity index (χ0v) is 13.2. The van der Waals surface area contributed by atoms with E-state index in [0.29, 0.717) is 6.04 Å². The first kappa shape index (κ1) is 16.2. The molecule has 0 aliphatic heterocycles. The van der Waals surface area contributed by atoms with E-state index in [1.54, 1.807) is 0 Å². The van der Waals surface area contributed by atoms with Crippen molar-refractivity contribution in [3.63, 3.8) is 0 Å². The topological polar surface area (TPSA) is 15.3 Å². The molecular weight excluding hydrogens is 232 g/mol. The van der Waals surface area contributed by atoms with Crippen LogP contribution in [0, 0.1) is 0 Å². The average molecular weight is 262 g/mol. The summed E-state index contributed by atoms with van der Waals surface area (Å²) in [6.07, 6.45) is 3.43. The standard InChI is InChI=1S/C17H30N2/c1-6-17(7-2,19(4)5)16(18-8-3)14-15-12-10-9-11-13-15/h9-13,16,18H,6-8,14H2,1-5H3. The Morgan fingerprint density at radius 3 is 2.05 bits per heavy atom. The molecule has 2 heteroatoms. The summed E-state index contributed by atoms with van der Waals surface area (Å²) in [5, 5.41) is 3.71. The predicted octanol–water partition coefficient (Wildman–Crippen LogP) is 3.33. The van der Waals surface area contributed by atoms with E-state index in [4.69, 9.17) is 0 Å². The fraction of sp³-hybridized carbons (Fsp3) is 0.647. The highest BCUT2D eigenvalue weighted by Crippen LogP contribution is 2.28. The first-order chi connectivity index (χ1) is 9.10. The molecule has 0 aromatic heterocycles. The van der Waals surface area contributed by atoms with Crippen LogP contribution in [0.3, 0.4) is 0 Å². The summed E-state index contributed by atoms with van der Waals surface area (Å²) in [5.74, 6) is 0. The Morgan fingerprint density at radius 2 is 1.63 bits per heavy atom. The highest BCUT2D eigenvalue weighted by Gasteiger charge is 2.37. The Labute approximate surface area is 119 Å². The zero-order valence-electron chi connectivity index (χ0n) is 13.2.